The molecular weight excluding hydrogens is 560 g/mol. The van der Waals surface area contributed by atoms with Crippen molar-refractivity contribution >= 4 is 34.6 Å². The Bertz CT molecular complexity index is 1580. The Labute approximate surface area is 228 Å². The quantitative estimate of drug-likeness (QED) is 0.415. The minimum atomic E-state index is -4.84. The van der Waals surface area contributed by atoms with Crippen molar-refractivity contribution in [3.05, 3.63) is 63.7 Å². The van der Waals surface area contributed by atoms with E-state index in [1.165, 1.54) is 17.9 Å². The fourth-order valence-electron chi connectivity index (χ4n) is 4.52. The Morgan fingerprint density at radius 2 is 1.78 bits per heavy atom. The van der Waals surface area contributed by atoms with Crippen LogP contribution in [0.15, 0.2) is 35.3 Å². The maximum Gasteiger partial charge on any atom is 0.408 e. The number of aromatic nitrogens is 2. The summed E-state index contributed by atoms with van der Waals surface area (Å²) >= 11 is 0. The van der Waals surface area contributed by atoms with E-state index < -0.39 is 75.6 Å². The molecule has 41 heavy (non-hydrogen) atoms. The zero-order chi connectivity index (χ0) is 30.2. The van der Waals surface area contributed by atoms with E-state index in [1.807, 2.05) is 0 Å². The van der Waals surface area contributed by atoms with Crippen molar-refractivity contribution in [3.8, 4) is 5.69 Å². The van der Waals surface area contributed by atoms with Gasteiger partial charge in [-0.2, -0.15) is 13.2 Å². The lowest BCUT2D eigenvalue weighted by Gasteiger charge is -2.21. The fraction of sp³-hybridized carbons (Fsp3) is 0.346. The van der Waals surface area contributed by atoms with Crippen LogP contribution in [0.5, 0.6) is 0 Å². The van der Waals surface area contributed by atoms with Gasteiger partial charge >= 0.3 is 6.18 Å². The van der Waals surface area contributed by atoms with Gasteiger partial charge in [0.15, 0.2) is 17.3 Å². The van der Waals surface area contributed by atoms with Crippen LogP contribution in [-0.4, -0.2) is 52.6 Å². The molecule has 0 radical (unpaired) electrons. The second-order valence-electron chi connectivity index (χ2n) is 9.49. The van der Waals surface area contributed by atoms with Crippen molar-refractivity contribution in [3.63, 3.8) is 0 Å². The molecule has 3 amide bonds. The van der Waals surface area contributed by atoms with Crippen molar-refractivity contribution in [2.45, 2.75) is 38.9 Å². The number of carbonyl (C=O) groups excluding carboxylic acids is 3. The van der Waals surface area contributed by atoms with Crippen LogP contribution in [0, 0.1) is 23.4 Å². The first-order valence-electron chi connectivity index (χ1n) is 12.3. The lowest BCUT2D eigenvalue weighted by Crippen LogP contribution is -2.46. The van der Waals surface area contributed by atoms with Gasteiger partial charge in [0.25, 0.3) is 5.91 Å². The molecule has 1 aliphatic heterocycles. The summed E-state index contributed by atoms with van der Waals surface area (Å²) in [7, 11) is 0. The molecule has 2 N–H and O–H groups in total. The number of amides is 3. The van der Waals surface area contributed by atoms with Gasteiger partial charge in [0, 0.05) is 50.7 Å². The first-order valence-corrected chi connectivity index (χ1v) is 12.3. The van der Waals surface area contributed by atoms with Crippen LogP contribution in [0.2, 0.25) is 0 Å². The first kappa shape index (κ1) is 29.6. The Morgan fingerprint density at radius 1 is 1.12 bits per heavy atom. The largest absolute Gasteiger partial charge is 0.408 e. The van der Waals surface area contributed by atoms with Crippen LogP contribution >= 0.6 is 0 Å². The minimum absolute atomic E-state index is 0.0378. The van der Waals surface area contributed by atoms with Gasteiger partial charge in [0.2, 0.25) is 17.2 Å². The summed E-state index contributed by atoms with van der Waals surface area (Å²) in [5.74, 6) is -6.67. The number of nitrogens with zero attached hydrogens (tertiary/aromatic N) is 3. The summed E-state index contributed by atoms with van der Waals surface area (Å²) in [6.07, 6.45) is -4.74. The van der Waals surface area contributed by atoms with E-state index >= 15 is 0 Å². The van der Waals surface area contributed by atoms with Crippen molar-refractivity contribution in [2.24, 2.45) is 5.92 Å². The maximum absolute atomic E-state index is 14.9. The molecule has 0 bridgehead atoms. The molecule has 0 spiro atoms. The monoisotopic (exact) mass is 583 g/mol. The predicted octanol–water partition coefficient (Wildman–Crippen LogP) is 3.36. The number of benzene rings is 1. The first-order chi connectivity index (χ1) is 19.2. The topological polar surface area (TPSA) is 113 Å². The molecule has 4 rings (SSSR count). The molecule has 1 aromatic carbocycles. The van der Waals surface area contributed by atoms with Crippen LogP contribution in [0.4, 0.5) is 32.2 Å². The van der Waals surface area contributed by atoms with Crippen molar-refractivity contribution in [2.75, 3.05) is 18.0 Å². The van der Waals surface area contributed by atoms with Gasteiger partial charge in [0.1, 0.15) is 28.9 Å². The van der Waals surface area contributed by atoms with Crippen LogP contribution in [0.3, 0.4) is 0 Å². The third-order valence-corrected chi connectivity index (χ3v) is 6.53. The standard InChI is InChI=1S/C26H23F6N5O4/c1-3-19(26(30,31)32)34-25(41)16-11-37(22-17(28)7-14(27)8-18(22)29)24-15(23(16)40)4-5-20(35-24)36-10-13(6-21(36)39)9-33-12(2)38/h4-5,7-8,11,13,19H,3,6,9-10H2,1-2H3,(H,33,38)(H,34,41)/t13?,19-/m0/s1. The highest BCUT2D eigenvalue weighted by atomic mass is 19.4. The molecule has 1 unspecified atom stereocenters. The van der Waals surface area contributed by atoms with Crippen LogP contribution in [-0.2, 0) is 9.59 Å². The molecule has 3 aromatic rings. The van der Waals surface area contributed by atoms with Crippen LogP contribution < -0.4 is 21.0 Å². The predicted molar refractivity (Wildman–Crippen MR) is 134 cm³/mol. The van der Waals surface area contributed by atoms with Gasteiger partial charge in [-0.15, -0.1) is 0 Å². The minimum Gasteiger partial charge on any atom is -0.356 e. The lowest BCUT2D eigenvalue weighted by molar-refractivity contribution is -0.153. The van der Waals surface area contributed by atoms with Gasteiger partial charge in [-0.05, 0) is 18.6 Å². The smallest absolute Gasteiger partial charge is 0.356 e. The molecule has 0 saturated carbocycles. The average molecular weight is 583 g/mol. The number of halogens is 6. The summed E-state index contributed by atoms with van der Waals surface area (Å²) in [5.41, 5.74) is -3.39. The summed E-state index contributed by atoms with van der Waals surface area (Å²) < 4.78 is 83.9. The molecule has 2 atom stereocenters. The van der Waals surface area contributed by atoms with Gasteiger partial charge in [0.05, 0.1) is 5.39 Å². The third-order valence-electron chi connectivity index (χ3n) is 6.53. The molecule has 218 valence electrons. The summed E-state index contributed by atoms with van der Waals surface area (Å²) in [6.45, 7) is 2.77. The number of alkyl halides is 3. The second kappa shape index (κ2) is 11.2. The number of fused-ring (bicyclic) bond motifs is 1. The van der Waals surface area contributed by atoms with E-state index in [1.54, 1.807) is 5.32 Å². The van der Waals surface area contributed by atoms with Gasteiger partial charge in [-0.3, -0.25) is 28.6 Å². The number of hydrogen-bond acceptors (Lipinski definition) is 5. The average Bonchev–Trinajstić information content (AvgIpc) is 3.26. The Kier molecular flexibility index (Phi) is 8.08. The molecule has 2 aromatic heterocycles. The zero-order valence-corrected chi connectivity index (χ0v) is 21.6. The van der Waals surface area contributed by atoms with E-state index in [9.17, 15) is 45.5 Å². The molecule has 15 heteroatoms. The Balaban J connectivity index is 1.88. The molecular formula is C26H23F6N5O4. The lowest BCUT2D eigenvalue weighted by atomic mass is 10.1. The van der Waals surface area contributed by atoms with E-state index in [4.69, 9.17) is 0 Å². The van der Waals surface area contributed by atoms with Crippen molar-refractivity contribution < 1.29 is 40.7 Å². The van der Waals surface area contributed by atoms with Crippen LogP contribution in [0.1, 0.15) is 37.0 Å². The normalized spacial score (nSPS) is 16.2. The van der Waals surface area contributed by atoms with Crippen molar-refractivity contribution in [1.82, 2.24) is 20.2 Å². The highest BCUT2D eigenvalue weighted by Crippen LogP contribution is 2.28. The van der Waals surface area contributed by atoms with Crippen molar-refractivity contribution in [1.29, 1.82) is 0 Å². The molecule has 1 saturated heterocycles. The van der Waals surface area contributed by atoms with E-state index in [-0.39, 0.29) is 37.2 Å². The third kappa shape index (κ3) is 6.02. The number of rotatable bonds is 7. The summed E-state index contributed by atoms with van der Waals surface area (Å²) in [6, 6.07) is 0.696. The molecule has 1 fully saturated rings. The second-order valence-corrected chi connectivity index (χ2v) is 9.49. The zero-order valence-electron chi connectivity index (χ0n) is 21.6. The van der Waals surface area contributed by atoms with Gasteiger partial charge < -0.3 is 10.6 Å². The van der Waals surface area contributed by atoms with E-state index in [2.05, 4.69) is 10.3 Å². The molecule has 3 heterocycles. The van der Waals surface area contributed by atoms with E-state index in [0.29, 0.717) is 22.9 Å². The fourth-order valence-corrected chi connectivity index (χ4v) is 4.52. The Hall–Kier alpha value is -4.43. The van der Waals surface area contributed by atoms with Gasteiger partial charge in [-0.1, -0.05) is 6.92 Å². The van der Waals surface area contributed by atoms with Gasteiger partial charge in [-0.25, -0.2) is 18.2 Å². The summed E-state index contributed by atoms with van der Waals surface area (Å²) in [4.78, 5) is 55.4. The summed E-state index contributed by atoms with van der Waals surface area (Å²) in [5, 5.41) is 3.90. The number of nitrogens with one attached hydrogen (secondary N) is 2. The highest BCUT2D eigenvalue weighted by molar-refractivity contribution is 5.99. The number of anilines is 1. The molecule has 0 aliphatic carbocycles. The molecule has 1 aliphatic rings. The number of carbonyl (C=O) groups is 3. The maximum atomic E-state index is 14.9. The highest BCUT2D eigenvalue weighted by Gasteiger charge is 2.40. The SMILES string of the molecule is CC[C@H](NC(=O)c1cn(-c2c(F)cc(F)cc2F)c2nc(N3CC(CNC(C)=O)CC3=O)ccc2c1=O)C(F)(F)F. The number of pyridine rings is 2. The van der Waals surface area contributed by atoms with E-state index in [0.717, 1.165) is 13.0 Å². The van der Waals surface area contributed by atoms with Crippen LogP contribution in [0.25, 0.3) is 16.7 Å². The Morgan fingerprint density at radius 3 is 2.37 bits per heavy atom. The number of hydrogen-bond donors (Lipinski definition) is 2. The molecule has 9 nitrogen and oxygen atoms in total.